The van der Waals surface area contributed by atoms with E-state index in [9.17, 15) is 14.4 Å². The number of rotatable bonds is 12. The van der Waals surface area contributed by atoms with Gasteiger partial charge in [-0.3, -0.25) is 24.6 Å². The highest BCUT2D eigenvalue weighted by Gasteiger charge is 2.34. The lowest BCUT2D eigenvalue weighted by atomic mass is 10.1. The summed E-state index contributed by atoms with van der Waals surface area (Å²) in [6.07, 6.45) is 8.64. The van der Waals surface area contributed by atoms with Gasteiger partial charge in [-0.25, -0.2) is 4.52 Å². The number of nitrogens with one attached hydrogen (secondary N) is 1. The van der Waals surface area contributed by atoms with Crippen molar-refractivity contribution in [2.75, 3.05) is 11.9 Å². The van der Waals surface area contributed by atoms with Crippen LogP contribution in [-0.4, -0.2) is 43.8 Å². The largest absolute Gasteiger partial charge is 0.293 e. The highest BCUT2D eigenvalue weighted by Crippen LogP contribution is 2.23. The number of fused-ring (bicyclic) bond motifs is 2. The molecule has 0 fully saturated rings. The van der Waals surface area contributed by atoms with Gasteiger partial charge < -0.3 is 0 Å². The Morgan fingerprint density at radius 2 is 1.50 bits per heavy atom. The van der Waals surface area contributed by atoms with Crippen LogP contribution < -0.4 is 5.32 Å². The molecule has 1 aliphatic rings. The van der Waals surface area contributed by atoms with Crippen molar-refractivity contribution >= 4 is 40.0 Å². The van der Waals surface area contributed by atoms with Crippen LogP contribution in [0.1, 0.15) is 89.1 Å². The summed E-state index contributed by atoms with van der Waals surface area (Å²) >= 11 is 1.57. The van der Waals surface area contributed by atoms with Crippen LogP contribution >= 0.6 is 11.3 Å². The number of carbonyl (C=O) groups is 3. The molecule has 0 saturated heterocycles. The normalized spacial score (nSPS) is 13.2. The zero-order valence-corrected chi connectivity index (χ0v) is 20.6. The number of aromatic nitrogens is 3. The summed E-state index contributed by atoms with van der Waals surface area (Å²) in [7, 11) is 0. The van der Waals surface area contributed by atoms with E-state index in [0.717, 1.165) is 62.0 Å². The van der Waals surface area contributed by atoms with E-state index >= 15 is 0 Å². The monoisotopic (exact) mass is 481 g/mol. The van der Waals surface area contributed by atoms with Gasteiger partial charge in [-0.2, -0.15) is 4.98 Å². The highest BCUT2D eigenvalue weighted by molar-refractivity contribution is 7.17. The van der Waals surface area contributed by atoms with Gasteiger partial charge >= 0.3 is 0 Å². The first-order valence-corrected chi connectivity index (χ1v) is 12.8. The van der Waals surface area contributed by atoms with Gasteiger partial charge in [0.05, 0.1) is 16.8 Å². The van der Waals surface area contributed by atoms with Crippen LogP contribution in [0.5, 0.6) is 0 Å². The molecule has 3 amide bonds. The number of aryl methyl sites for hydroxylation is 2. The van der Waals surface area contributed by atoms with Crippen molar-refractivity contribution in [2.24, 2.45) is 0 Å². The number of hydrogen-bond acceptors (Lipinski definition) is 6. The van der Waals surface area contributed by atoms with Gasteiger partial charge in [-0.1, -0.05) is 62.0 Å². The standard InChI is InChI=1S/C25H31N5O3S/c1-17-18(2)34-25-27-24(28-30(17)25)26-21(31)15-9-7-5-3-4-6-8-12-16-29-22(32)19-13-10-11-14-20(19)23(29)33/h10-11,13-14H,3-9,12,15-16H2,1-2H3,(H,26,28,31). The zero-order valence-electron chi connectivity index (χ0n) is 19.8. The van der Waals surface area contributed by atoms with Gasteiger partial charge in [0.1, 0.15) is 0 Å². The number of benzene rings is 1. The van der Waals surface area contributed by atoms with Gasteiger partial charge in [-0.05, 0) is 38.8 Å². The Morgan fingerprint density at radius 1 is 0.912 bits per heavy atom. The predicted octanol–water partition coefficient (Wildman–Crippen LogP) is 5.15. The van der Waals surface area contributed by atoms with Crippen LogP contribution in [0.4, 0.5) is 5.95 Å². The van der Waals surface area contributed by atoms with E-state index in [1.165, 1.54) is 9.78 Å². The van der Waals surface area contributed by atoms with Crippen molar-refractivity contribution < 1.29 is 14.4 Å². The lowest BCUT2D eigenvalue weighted by Gasteiger charge is -2.13. The lowest BCUT2D eigenvalue weighted by Crippen LogP contribution is -2.30. The van der Waals surface area contributed by atoms with E-state index in [0.29, 0.717) is 30.0 Å². The molecule has 1 aromatic carbocycles. The molecule has 8 nitrogen and oxygen atoms in total. The Bertz CT molecular complexity index is 1160. The Labute approximate surface area is 203 Å². The first-order chi connectivity index (χ1) is 16.5. The molecule has 2 aromatic heterocycles. The van der Waals surface area contributed by atoms with Crippen LogP contribution in [0.3, 0.4) is 0 Å². The van der Waals surface area contributed by atoms with E-state index in [1.807, 2.05) is 13.8 Å². The van der Waals surface area contributed by atoms with Crippen molar-refractivity contribution in [2.45, 2.75) is 71.6 Å². The van der Waals surface area contributed by atoms with Crippen LogP contribution in [0, 0.1) is 13.8 Å². The van der Waals surface area contributed by atoms with Gasteiger partial charge in [0.25, 0.3) is 11.8 Å². The zero-order chi connectivity index (χ0) is 24.1. The van der Waals surface area contributed by atoms with E-state index in [-0.39, 0.29) is 17.7 Å². The van der Waals surface area contributed by atoms with Gasteiger partial charge in [0.2, 0.25) is 16.8 Å². The molecule has 34 heavy (non-hydrogen) atoms. The van der Waals surface area contributed by atoms with E-state index < -0.39 is 0 Å². The first kappa shape index (κ1) is 24.1. The smallest absolute Gasteiger partial charge is 0.261 e. The number of thiazole rings is 1. The lowest BCUT2D eigenvalue weighted by molar-refractivity contribution is -0.116. The number of anilines is 1. The number of imide groups is 1. The Morgan fingerprint density at radius 3 is 2.12 bits per heavy atom. The van der Waals surface area contributed by atoms with Crippen LogP contribution in [0.25, 0.3) is 4.96 Å². The van der Waals surface area contributed by atoms with Crippen LogP contribution in [0.15, 0.2) is 24.3 Å². The van der Waals surface area contributed by atoms with Crippen LogP contribution in [-0.2, 0) is 4.79 Å². The molecule has 9 heteroatoms. The third-order valence-electron chi connectivity index (χ3n) is 6.31. The topological polar surface area (TPSA) is 96.7 Å². The number of unbranched alkanes of at least 4 members (excludes halogenated alkanes) is 7. The maximum Gasteiger partial charge on any atom is 0.261 e. The molecule has 0 aliphatic carbocycles. The van der Waals surface area contributed by atoms with Gasteiger partial charge in [0, 0.05) is 17.8 Å². The molecule has 4 rings (SSSR count). The quantitative estimate of drug-likeness (QED) is 0.285. The maximum atomic E-state index is 12.3. The maximum absolute atomic E-state index is 12.3. The van der Waals surface area contributed by atoms with E-state index in [4.69, 9.17) is 0 Å². The van der Waals surface area contributed by atoms with Gasteiger partial charge in [-0.15, -0.1) is 5.10 Å². The highest BCUT2D eigenvalue weighted by atomic mass is 32.1. The minimum Gasteiger partial charge on any atom is -0.293 e. The molecular weight excluding hydrogens is 450 g/mol. The molecule has 3 heterocycles. The number of hydrogen-bond donors (Lipinski definition) is 1. The second-order valence-corrected chi connectivity index (χ2v) is 9.99. The molecule has 0 radical (unpaired) electrons. The molecule has 0 atom stereocenters. The molecule has 0 unspecified atom stereocenters. The summed E-state index contributed by atoms with van der Waals surface area (Å²) in [6.45, 7) is 4.52. The molecule has 180 valence electrons. The molecule has 0 saturated carbocycles. The second-order valence-electron chi connectivity index (χ2n) is 8.81. The Hall–Kier alpha value is -3.07. The average molecular weight is 482 g/mol. The van der Waals surface area contributed by atoms with Crippen molar-refractivity contribution in [3.05, 3.63) is 46.0 Å². The second kappa shape index (κ2) is 10.9. The van der Waals surface area contributed by atoms with Crippen molar-refractivity contribution in [1.29, 1.82) is 0 Å². The third kappa shape index (κ3) is 5.35. The Balaban J connectivity index is 1.02. The fourth-order valence-electron chi connectivity index (χ4n) is 4.24. The predicted molar refractivity (Wildman–Crippen MR) is 132 cm³/mol. The summed E-state index contributed by atoms with van der Waals surface area (Å²) in [5.41, 5.74) is 2.09. The van der Waals surface area contributed by atoms with Crippen molar-refractivity contribution in [1.82, 2.24) is 19.5 Å². The van der Waals surface area contributed by atoms with Crippen molar-refractivity contribution in [3.63, 3.8) is 0 Å². The first-order valence-electron chi connectivity index (χ1n) is 12.0. The summed E-state index contributed by atoms with van der Waals surface area (Å²) in [4.78, 5) is 44.6. The molecule has 1 N–H and O–H groups in total. The van der Waals surface area contributed by atoms with E-state index in [2.05, 4.69) is 15.4 Å². The molecule has 3 aromatic rings. The molecule has 0 spiro atoms. The summed E-state index contributed by atoms with van der Waals surface area (Å²) in [5, 5.41) is 7.15. The summed E-state index contributed by atoms with van der Waals surface area (Å²) < 4.78 is 1.77. The number of carbonyl (C=O) groups excluding carboxylic acids is 3. The summed E-state index contributed by atoms with van der Waals surface area (Å²) in [5.74, 6) is -0.00178. The Kier molecular flexibility index (Phi) is 7.72. The minimum absolute atomic E-state index is 0.0409. The summed E-state index contributed by atoms with van der Waals surface area (Å²) in [6, 6.07) is 7.02. The number of amides is 3. The van der Waals surface area contributed by atoms with Crippen LogP contribution in [0.2, 0.25) is 0 Å². The van der Waals surface area contributed by atoms with Gasteiger partial charge in [0.15, 0.2) is 0 Å². The SMILES string of the molecule is Cc1sc2nc(NC(=O)CCCCCCCCCCN3C(=O)c4ccccc4C3=O)nn2c1C. The fraction of sp³-hybridized carbons (Fsp3) is 0.480. The average Bonchev–Trinajstić information content (AvgIpc) is 3.41. The fourth-order valence-corrected chi connectivity index (χ4v) is 5.15. The molecular formula is C25H31N5O3S. The number of nitrogens with zero attached hydrogens (tertiary/aromatic N) is 4. The molecule has 1 aliphatic heterocycles. The van der Waals surface area contributed by atoms with E-state index in [1.54, 1.807) is 40.1 Å². The minimum atomic E-state index is -0.168. The molecule has 0 bridgehead atoms. The van der Waals surface area contributed by atoms with Crippen molar-refractivity contribution in [3.8, 4) is 0 Å². The third-order valence-corrected chi connectivity index (χ3v) is 7.36.